The summed E-state index contributed by atoms with van der Waals surface area (Å²) in [6, 6.07) is 8.27. The Morgan fingerprint density at radius 1 is 1.40 bits per heavy atom. The fourth-order valence-corrected chi connectivity index (χ4v) is 2.52. The lowest BCUT2D eigenvalue weighted by Gasteiger charge is -2.27. The van der Waals surface area contributed by atoms with Gasteiger partial charge in [-0.05, 0) is 45.2 Å². The number of hydrogen-bond acceptors (Lipinski definition) is 4. The molecule has 1 heterocycles. The van der Waals surface area contributed by atoms with Gasteiger partial charge in [-0.2, -0.15) is 0 Å². The number of rotatable bonds is 2. The van der Waals surface area contributed by atoms with E-state index < -0.39 is 5.60 Å². The topological polar surface area (TPSA) is 55.6 Å². The van der Waals surface area contributed by atoms with Crippen molar-refractivity contribution < 1.29 is 9.53 Å². The number of para-hydroxylation sites is 1. The van der Waals surface area contributed by atoms with Crippen LogP contribution in [0.2, 0.25) is 0 Å². The second-order valence-corrected chi connectivity index (χ2v) is 6.39. The molecule has 4 heteroatoms. The van der Waals surface area contributed by atoms with E-state index in [0.717, 1.165) is 18.5 Å². The number of nitrogens with two attached hydrogens (primary N) is 1. The summed E-state index contributed by atoms with van der Waals surface area (Å²) in [5, 5.41) is 0. The van der Waals surface area contributed by atoms with Gasteiger partial charge in [-0.25, -0.2) is 0 Å². The van der Waals surface area contributed by atoms with Crippen LogP contribution in [0.1, 0.15) is 32.8 Å². The molecule has 110 valence electrons. The Morgan fingerprint density at radius 2 is 2.10 bits per heavy atom. The highest BCUT2D eigenvalue weighted by Crippen LogP contribution is 2.25. The summed E-state index contributed by atoms with van der Waals surface area (Å²) < 4.78 is 5.41. The second-order valence-electron chi connectivity index (χ2n) is 6.39. The molecule has 1 aliphatic heterocycles. The fraction of sp³-hybridized carbons (Fsp3) is 0.562. The van der Waals surface area contributed by atoms with Gasteiger partial charge < -0.3 is 15.4 Å². The first kappa shape index (κ1) is 14.9. The van der Waals surface area contributed by atoms with Crippen molar-refractivity contribution in [3.8, 4) is 0 Å². The summed E-state index contributed by atoms with van der Waals surface area (Å²) in [6.07, 6.45) is 1.91. The van der Waals surface area contributed by atoms with Crippen LogP contribution >= 0.6 is 0 Å². The van der Waals surface area contributed by atoms with Crippen molar-refractivity contribution in [2.75, 3.05) is 18.0 Å². The van der Waals surface area contributed by atoms with Crippen LogP contribution in [0.15, 0.2) is 24.3 Å². The number of carbonyl (C=O) groups excluding carboxylic acids is 1. The van der Waals surface area contributed by atoms with Crippen LogP contribution in [0.25, 0.3) is 0 Å². The summed E-state index contributed by atoms with van der Waals surface area (Å²) in [5.41, 5.74) is 8.02. The Kier molecular flexibility index (Phi) is 4.33. The van der Waals surface area contributed by atoms with Gasteiger partial charge in [0.15, 0.2) is 0 Å². The number of ether oxygens (including phenoxy) is 1. The van der Waals surface area contributed by atoms with Gasteiger partial charge in [-0.15, -0.1) is 0 Å². The molecule has 0 aliphatic carbocycles. The predicted octanol–water partition coefficient (Wildman–Crippen LogP) is 2.11. The van der Waals surface area contributed by atoms with Gasteiger partial charge >= 0.3 is 5.97 Å². The molecule has 4 nitrogen and oxygen atoms in total. The monoisotopic (exact) mass is 276 g/mol. The Morgan fingerprint density at radius 3 is 2.80 bits per heavy atom. The molecule has 0 saturated carbocycles. The van der Waals surface area contributed by atoms with E-state index in [2.05, 4.69) is 12.1 Å². The van der Waals surface area contributed by atoms with E-state index in [1.54, 1.807) is 0 Å². The van der Waals surface area contributed by atoms with Gasteiger partial charge in [-0.1, -0.05) is 18.2 Å². The molecule has 1 aromatic rings. The quantitative estimate of drug-likeness (QED) is 0.841. The van der Waals surface area contributed by atoms with Crippen molar-refractivity contribution in [3.63, 3.8) is 0 Å². The third-order valence-electron chi connectivity index (χ3n) is 3.31. The zero-order valence-electron chi connectivity index (χ0n) is 12.6. The zero-order valence-corrected chi connectivity index (χ0v) is 12.6. The Hall–Kier alpha value is -1.55. The molecule has 1 aromatic carbocycles. The maximum absolute atomic E-state index is 12.1. The van der Waals surface area contributed by atoms with Crippen LogP contribution in [0.4, 0.5) is 5.69 Å². The smallest absolute Gasteiger partial charge is 0.326 e. The van der Waals surface area contributed by atoms with Crippen LogP contribution in [-0.4, -0.2) is 30.7 Å². The molecule has 0 amide bonds. The predicted molar refractivity (Wildman–Crippen MR) is 80.8 cm³/mol. The van der Waals surface area contributed by atoms with Crippen molar-refractivity contribution in [1.82, 2.24) is 0 Å². The van der Waals surface area contributed by atoms with Crippen LogP contribution in [0.3, 0.4) is 0 Å². The molecular weight excluding hydrogens is 252 g/mol. The molecule has 20 heavy (non-hydrogen) atoms. The fourth-order valence-electron chi connectivity index (χ4n) is 2.52. The Balaban J connectivity index is 2.15. The molecule has 0 saturated heterocycles. The number of anilines is 1. The summed E-state index contributed by atoms with van der Waals surface area (Å²) in [6.45, 7) is 6.59. The summed E-state index contributed by atoms with van der Waals surface area (Å²) in [4.78, 5) is 14.1. The number of esters is 1. The van der Waals surface area contributed by atoms with Crippen LogP contribution < -0.4 is 10.6 Å². The number of nitrogens with zero attached hydrogens (tertiary/aromatic N) is 1. The van der Waals surface area contributed by atoms with E-state index in [9.17, 15) is 4.79 Å². The van der Waals surface area contributed by atoms with Crippen molar-refractivity contribution in [2.45, 2.75) is 45.3 Å². The number of hydrogen-bond donors (Lipinski definition) is 1. The average molecular weight is 276 g/mol. The molecule has 2 rings (SSSR count). The minimum Gasteiger partial charge on any atom is -0.459 e. The van der Waals surface area contributed by atoms with Gasteiger partial charge in [0, 0.05) is 18.3 Å². The van der Waals surface area contributed by atoms with Crippen molar-refractivity contribution in [2.24, 2.45) is 5.73 Å². The van der Waals surface area contributed by atoms with Gasteiger partial charge in [0.25, 0.3) is 0 Å². The summed E-state index contributed by atoms with van der Waals surface area (Å²) in [5.74, 6) is -0.207. The number of fused-ring (bicyclic) bond motifs is 1. The highest BCUT2D eigenvalue weighted by molar-refractivity contribution is 5.77. The molecule has 2 N–H and O–H groups in total. The number of benzene rings is 1. The molecular formula is C16H24N2O2. The Labute approximate surface area is 120 Å². The summed E-state index contributed by atoms with van der Waals surface area (Å²) in [7, 11) is 0. The van der Waals surface area contributed by atoms with Gasteiger partial charge in [0.2, 0.25) is 0 Å². The van der Waals surface area contributed by atoms with Crippen LogP contribution in [0, 0.1) is 0 Å². The number of aryl methyl sites for hydroxylation is 1. The van der Waals surface area contributed by atoms with Crippen molar-refractivity contribution in [1.29, 1.82) is 0 Å². The van der Waals surface area contributed by atoms with E-state index in [4.69, 9.17) is 10.5 Å². The molecule has 0 fully saturated rings. The third kappa shape index (κ3) is 3.97. The largest absolute Gasteiger partial charge is 0.459 e. The average Bonchev–Trinajstić information content (AvgIpc) is 2.47. The van der Waals surface area contributed by atoms with E-state index in [0.29, 0.717) is 6.54 Å². The maximum Gasteiger partial charge on any atom is 0.326 e. The van der Waals surface area contributed by atoms with Crippen molar-refractivity contribution >= 4 is 11.7 Å². The highest BCUT2D eigenvalue weighted by atomic mass is 16.6. The first-order valence-electron chi connectivity index (χ1n) is 7.15. The molecule has 0 bridgehead atoms. The lowest BCUT2D eigenvalue weighted by molar-refractivity contribution is -0.153. The normalized spacial score (nSPS) is 19.2. The van der Waals surface area contributed by atoms with E-state index >= 15 is 0 Å². The lowest BCUT2D eigenvalue weighted by Crippen LogP contribution is -2.41. The second kappa shape index (κ2) is 5.83. The molecule has 1 atom stereocenters. The minimum absolute atomic E-state index is 0.0878. The molecule has 0 aromatic heterocycles. The molecule has 1 aliphatic rings. The summed E-state index contributed by atoms with van der Waals surface area (Å²) >= 11 is 0. The third-order valence-corrected chi connectivity index (χ3v) is 3.31. The SMILES string of the molecule is CC(C)(C)OC(=O)CN1C[C@@H](N)CCc2ccccc21. The molecule has 0 radical (unpaired) electrons. The van der Waals surface area contributed by atoms with E-state index in [-0.39, 0.29) is 18.6 Å². The lowest BCUT2D eigenvalue weighted by atomic mass is 10.1. The standard InChI is InChI=1S/C16H24N2O2/c1-16(2,3)20-15(19)11-18-10-13(17)9-8-12-6-4-5-7-14(12)18/h4-7,13H,8-11,17H2,1-3H3/t13-/m0/s1. The molecule has 0 unspecified atom stereocenters. The highest BCUT2D eigenvalue weighted by Gasteiger charge is 2.24. The van der Waals surface area contributed by atoms with E-state index in [1.807, 2.05) is 37.8 Å². The van der Waals surface area contributed by atoms with Gasteiger partial charge in [-0.3, -0.25) is 4.79 Å². The van der Waals surface area contributed by atoms with Crippen LogP contribution in [0.5, 0.6) is 0 Å². The van der Waals surface area contributed by atoms with E-state index in [1.165, 1.54) is 5.56 Å². The van der Waals surface area contributed by atoms with Gasteiger partial charge in [0.05, 0.1) is 0 Å². The Bertz CT molecular complexity index is 480. The van der Waals surface area contributed by atoms with Crippen LogP contribution in [-0.2, 0) is 16.0 Å². The molecule has 0 spiro atoms. The maximum atomic E-state index is 12.1. The van der Waals surface area contributed by atoms with Crippen molar-refractivity contribution in [3.05, 3.63) is 29.8 Å². The minimum atomic E-state index is -0.454. The number of carbonyl (C=O) groups is 1. The van der Waals surface area contributed by atoms with Gasteiger partial charge in [0.1, 0.15) is 12.1 Å². The zero-order chi connectivity index (χ0) is 14.8. The first-order chi connectivity index (χ1) is 9.35. The first-order valence-corrected chi connectivity index (χ1v) is 7.15.